The van der Waals surface area contributed by atoms with E-state index in [1.165, 1.54) is 0 Å². The van der Waals surface area contributed by atoms with E-state index in [4.69, 9.17) is 9.47 Å². The largest absolute Gasteiger partial charge is 0.497 e. The first-order valence-corrected chi connectivity index (χ1v) is 8.27. The molecule has 1 heterocycles. The monoisotopic (exact) mass is 330 g/mol. The van der Waals surface area contributed by atoms with E-state index in [1.807, 2.05) is 78.9 Å². The Morgan fingerprint density at radius 2 is 1.40 bits per heavy atom. The van der Waals surface area contributed by atoms with Crippen LogP contribution in [0, 0.1) is 0 Å². The van der Waals surface area contributed by atoms with Crippen LogP contribution >= 0.6 is 0 Å². The molecule has 0 fully saturated rings. The zero-order valence-electron chi connectivity index (χ0n) is 13.9. The number of fused-ring (bicyclic) bond motifs is 1. The molecule has 3 aromatic rings. The molecular formula is C22H18O3. The third-order valence-electron chi connectivity index (χ3n) is 4.69. The molecule has 0 bridgehead atoms. The van der Waals surface area contributed by atoms with E-state index >= 15 is 0 Å². The van der Waals surface area contributed by atoms with Gasteiger partial charge in [-0.15, -0.1) is 0 Å². The minimum atomic E-state index is -0.371. The Balaban J connectivity index is 1.88. The molecule has 0 aromatic heterocycles. The molecule has 2 atom stereocenters. The molecule has 25 heavy (non-hydrogen) atoms. The fraction of sp³-hybridized carbons (Fsp3) is 0.136. The number of methoxy groups -OCH3 is 1. The van der Waals surface area contributed by atoms with Crippen LogP contribution in [0.1, 0.15) is 28.5 Å². The van der Waals surface area contributed by atoms with Crippen LogP contribution in [0.4, 0.5) is 0 Å². The maximum Gasteiger partial charge on any atom is 0.319 e. The van der Waals surface area contributed by atoms with Crippen molar-refractivity contribution in [2.75, 3.05) is 7.11 Å². The summed E-state index contributed by atoms with van der Waals surface area (Å²) in [5, 5.41) is 0. The lowest BCUT2D eigenvalue weighted by molar-refractivity contribution is -0.137. The molecule has 1 aliphatic rings. The lowest BCUT2D eigenvalue weighted by atomic mass is 9.75. The van der Waals surface area contributed by atoms with Gasteiger partial charge in [0.15, 0.2) is 0 Å². The molecular weight excluding hydrogens is 312 g/mol. The zero-order chi connectivity index (χ0) is 17.2. The van der Waals surface area contributed by atoms with E-state index in [-0.39, 0.29) is 17.8 Å². The number of hydrogen-bond acceptors (Lipinski definition) is 3. The molecule has 0 saturated heterocycles. The second-order valence-corrected chi connectivity index (χ2v) is 6.10. The molecule has 1 aliphatic heterocycles. The highest BCUT2D eigenvalue weighted by Crippen LogP contribution is 2.46. The minimum absolute atomic E-state index is 0.0919. The molecule has 0 saturated carbocycles. The van der Waals surface area contributed by atoms with Gasteiger partial charge in [0.1, 0.15) is 11.5 Å². The first kappa shape index (κ1) is 15.5. The van der Waals surface area contributed by atoms with Gasteiger partial charge in [-0.05, 0) is 29.3 Å². The summed E-state index contributed by atoms with van der Waals surface area (Å²) in [5.74, 6) is 0.758. The lowest BCUT2D eigenvalue weighted by Gasteiger charge is -2.32. The fourth-order valence-electron chi connectivity index (χ4n) is 3.49. The van der Waals surface area contributed by atoms with E-state index in [0.29, 0.717) is 5.75 Å². The van der Waals surface area contributed by atoms with Crippen LogP contribution in [0.15, 0.2) is 78.9 Å². The van der Waals surface area contributed by atoms with Crippen LogP contribution < -0.4 is 9.47 Å². The van der Waals surface area contributed by atoms with Crippen LogP contribution in [-0.4, -0.2) is 13.1 Å². The normalized spacial score (nSPS) is 19.0. The standard InChI is InChI=1S/C22H18O3/c1-24-17-13-11-16(12-14-17)20-18-9-5-6-10-19(18)25-22(23)21(20)15-7-3-2-4-8-15/h2-14,20-21H,1H3/t20-,21-/m1/s1. The molecule has 0 unspecified atom stereocenters. The smallest absolute Gasteiger partial charge is 0.319 e. The Morgan fingerprint density at radius 3 is 2.12 bits per heavy atom. The van der Waals surface area contributed by atoms with Gasteiger partial charge in [-0.1, -0.05) is 60.7 Å². The molecule has 0 N–H and O–H groups in total. The maximum atomic E-state index is 12.8. The van der Waals surface area contributed by atoms with E-state index < -0.39 is 0 Å². The van der Waals surface area contributed by atoms with Crippen LogP contribution in [0.5, 0.6) is 11.5 Å². The lowest BCUT2D eigenvalue weighted by Crippen LogP contribution is -2.30. The number of rotatable bonds is 3. The molecule has 0 spiro atoms. The predicted molar refractivity (Wildman–Crippen MR) is 96.1 cm³/mol. The van der Waals surface area contributed by atoms with Gasteiger partial charge in [0, 0.05) is 11.5 Å². The summed E-state index contributed by atoms with van der Waals surface area (Å²) in [4.78, 5) is 12.8. The average molecular weight is 330 g/mol. The molecule has 4 rings (SSSR count). The first-order chi connectivity index (χ1) is 12.3. The summed E-state index contributed by atoms with van der Waals surface area (Å²) in [6, 6.07) is 25.5. The van der Waals surface area contributed by atoms with E-state index in [9.17, 15) is 4.79 Å². The molecule has 3 nitrogen and oxygen atoms in total. The summed E-state index contributed by atoms with van der Waals surface area (Å²) in [7, 11) is 1.65. The number of carbonyl (C=O) groups excluding carboxylic acids is 1. The van der Waals surface area contributed by atoms with Crippen LogP contribution in [0.3, 0.4) is 0 Å². The summed E-state index contributed by atoms with van der Waals surface area (Å²) >= 11 is 0. The second-order valence-electron chi connectivity index (χ2n) is 6.10. The first-order valence-electron chi connectivity index (χ1n) is 8.27. The van der Waals surface area contributed by atoms with Crippen molar-refractivity contribution in [1.29, 1.82) is 0 Å². The van der Waals surface area contributed by atoms with Gasteiger partial charge in [0.05, 0.1) is 13.0 Å². The number of benzene rings is 3. The Hall–Kier alpha value is -3.07. The Bertz CT molecular complexity index is 885. The summed E-state index contributed by atoms with van der Waals surface area (Å²) < 4.78 is 10.9. The highest BCUT2D eigenvalue weighted by atomic mass is 16.5. The summed E-state index contributed by atoms with van der Waals surface area (Å²) in [6.45, 7) is 0. The number of ether oxygens (including phenoxy) is 2. The van der Waals surface area contributed by atoms with Crippen LogP contribution in [0.2, 0.25) is 0 Å². The van der Waals surface area contributed by atoms with Crippen LogP contribution in [0.25, 0.3) is 0 Å². The number of carbonyl (C=O) groups is 1. The van der Waals surface area contributed by atoms with Gasteiger partial charge in [-0.3, -0.25) is 4.79 Å². The third-order valence-corrected chi connectivity index (χ3v) is 4.69. The van der Waals surface area contributed by atoms with Gasteiger partial charge < -0.3 is 9.47 Å². The van der Waals surface area contributed by atoms with Gasteiger partial charge >= 0.3 is 5.97 Å². The van der Waals surface area contributed by atoms with Gasteiger partial charge in [-0.2, -0.15) is 0 Å². The molecule has 3 heteroatoms. The SMILES string of the molecule is COc1ccc([C@@H]2c3ccccc3OC(=O)[C@@H]2c2ccccc2)cc1. The van der Waals surface area contributed by atoms with Crippen LogP contribution in [-0.2, 0) is 4.79 Å². The quantitative estimate of drug-likeness (QED) is 0.523. The summed E-state index contributed by atoms with van der Waals surface area (Å²) in [5.41, 5.74) is 3.06. The fourth-order valence-corrected chi connectivity index (χ4v) is 3.49. The van der Waals surface area contributed by atoms with Crippen molar-refractivity contribution < 1.29 is 14.3 Å². The number of para-hydroxylation sites is 1. The molecule has 0 radical (unpaired) electrons. The molecule has 0 aliphatic carbocycles. The maximum absolute atomic E-state index is 12.8. The number of esters is 1. The highest BCUT2D eigenvalue weighted by molar-refractivity contribution is 5.85. The van der Waals surface area contributed by atoms with Crippen molar-refractivity contribution in [3.8, 4) is 11.5 Å². The topological polar surface area (TPSA) is 35.5 Å². The highest BCUT2D eigenvalue weighted by Gasteiger charge is 2.39. The Morgan fingerprint density at radius 1 is 0.760 bits per heavy atom. The van der Waals surface area contributed by atoms with Crippen molar-refractivity contribution >= 4 is 5.97 Å². The van der Waals surface area contributed by atoms with Crippen molar-refractivity contribution in [1.82, 2.24) is 0 Å². The second kappa shape index (κ2) is 6.44. The summed E-state index contributed by atoms with van der Waals surface area (Å²) in [6.07, 6.45) is 0. The third kappa shape index (κ3) is 2.78. The minimum Gasteiger partial charge on any atom is -0.497 e. The zero-order valence-corrected chi connectivity index (χ0v) is 13.9. The van der Waals surface area contributed by atoms with Crippen molar-refractivity contribution in [2.45, 2.75) is 11.8 Å². The number of hydrogen-bond donors (Lipinski definition) is 0. The predicted octanol–water partition coefficient (Wildman–Crippen LogP) is 4.53. The Labute approximate surface area is 146 Å². The van der Waals surface area contributed by atoms with Gasteiger partial charge in [0.25, 0.3) is 0 Å². The van der Waals surface area contributed by atoms with Gasteiger partial charge in [-0.25, -0.2) is 0 Å². The molecule has 0 amide bonds. The molecule has 3 aromatic carbocycles. The van der Waals surface area contributed by atoms with Gasteiger partial charge in [0.2, 0.25) is 0 Å². The van der Waals surface area contributed by atoms with E-state index in [0.717, 1.165) is 22.4 Å². The van der Waals surface area contributed by atoms with E-state index in [1.54, 1.807) is 7.11 Å². The van der Waals surface area contributed by atoms with Crippen molar-refractivity contribution in [3.63, 3.8) is 0 Å². The van der Waals surface area contributed by atoms with Crippen molar-refractivity contribution in [3.05, 3.63) is 95.6 Å². The average Bonchev–Trinajstić information content (AvgIpc) is 2.67. The van der Waals surface area contributed by atoms with Crippen molar-refractivity contribution in [2.24, 2.45) is 0 Å². The Kier molecular flexibility index (Phi) is 3.98. The molecule has 124 valence electrons. The van der Waals surface area contributed by atoms with E-state index in [2.05, 4.69) is 0 Å².